The van der Waals surface area contributed by atoms with E-state index in [1.165, 1.54) is 19.4 Å². The number of carbonyl (C=O) groups is 1. The molecule has 0 unspecified atom stereocenters. The molecule has 112 valence electrons. The highest BCUT2D eigenvalue weighted by atomic mass is 32.2. The second-order valence-electron chi connectivity index (χ2n) is 5.18. The summed E-state index contributed by atoms with van der Waals surface area (Å²) in [5.74, 6) is -0.531. The molecule has 0 amide bonds. The Bertz CT molecular complexity index is 609. The fraction of sp³-hybridized carbons (Fsp3) is 0.462. The summed E-state index contributed by atoms with van der Waals surface area (Å²) < 4.78 is 27.0. The van der Waals surface area contributed by atoms with E-state index in [1.807, 2.05) is 0 Å². The maximum atomic E-state index is 11.7. The molecule has 1 rings (SSSR count). The van der Waals surface area contributed by atoms with E-state index in [4.69, 9.17) is 5.73 Å². The molecule has 0 spiro atoms. The summed E-state index contributed by atoms with van der Waals surface area (Å²) in [6.45, 7) is 3.40. The van der Waals surface area contributed by atoms with Crippen molar-refractivity contribution in [2.45, 2.75) is 18.6 Å². The first-order chi connectivity index (χ1) is 9.08. The molecule has 0 atom stereocenters. The predicted molar refractivity (Wildman–Crippen MR) is 79.6 cm³/mol. The average Bonchev–Trinajstić information content (AvgIpc) is 2.35. The molecule has 0 aliphatic rings. The number of anilines is 2. The first kappa shape index (κ1) is 16.3. The number of hydrogen-bond donors (Lipinski definition) is 2. The quantitative estimate of drug-likeness (QED) is 0.628. The number of hydrogen-bond acceptors (Lipinski definition) is 6. The third-order valence-corrected chi connectivity index (χ3v) is 5.31. The first-order valence-corrected chi connectivity index (χ1v) is 7.89. The summed E-state index contributed by atoms with van der Waals surface area (Å²) in [6, 6.07) is 4.74. The van der Waals surface area contributed by atoms with Gasteiger partial charge in [0.25, 0.3) is 0 Å². The van der Waals surface area contributed by atoms with Gasteiger partial charge >= 0.3 is 5.97 Å². The van der Waals surface area contributed by atoms with Crippen molar-refractivity contribution in [2.24, 2.45) is 0 Å². The molecule has 0 saturated carbocycles. The number of sulfone groups is 1. The van der Waals surface area contributed by atoms with Crippen molar-refractivity contribution >= 4 is 27.2 Å². The minimum absolute atomic E-state index is 0.166. The number of rotatable bonds is 5. The minimum Gasteiger partial charge on any atom is -0.465 e. The molecule has 20 heavy (non-hydrogen) atoms. The Hall–Kier alpha value is -1.76. The molecule has 0 aliphatic heterocycles. The van der Waals surface area contributed by atoms with E-state index in [0.717, 1.165) is 0 Å². The van der Waals surface area contributed by atoms with Gasteiger partial charge < -0.3 is 15.8 Å². The fourth-order valence-electron chi connectivity index (χ4n) is 1.43. The van der Waals surface area contributed by atoms with Gasteiger partial charge in [-0.25, -0.2) is 13.2 Å². The fourth-order valence-corrected chi connectivity index (χ4v) is 1.77. The number of nitrogens with two attached hydrogens (primary N) is 1. The monoisotopic (exact) mass is 300 g/mol. The number of nitrogens with one attached hydrogen (secondary N) is 1. The van der Waals surface area contributed by atoms with Crippen molar-refractivity contribution in [3.05, 3.63) is 23.8 Å². The van der Waals surface area contributed by atoms with Gasteiger partial charge in [-0.3, -0.25) is 0 Å². The molecule has 7 heteroatoms. The molecule has 0 aliphatic carbocycles. The highest BCUT2D eigenvalue weighted by Crippen LogP contribution is 2.22. The zero-order valence-corrected chi connectivity index (χ0v) is 12.9. The molecule has 0 fully saturated rings. The molecule has 6 nitrogen and oxygen atoms in total. The smallest absolute Gasteiger partial charge is 0.340 e. The van der Waals surface area contributed by atoms with Gasteiger partial charge in [0.05, 0.1) is 17.4 Å². The molecular weight excluding hydrogens is 280 g/mol. The van der Waals surface area contributed by atoms with Crippen LogP contribution in [0.1, 0.15) is 24.2 Å². The Balaban J connectivity index is 3.02. The number of nitrogen functional groups attached to an aromatic ring is 1. The lowest BCUT2D eigenvalue weighted by Crippen LogP contribution is -2.38. The van der Waals surface area contributed by atoms with Gasteiger partial charge in [0.15, 0.2) is 9.84 Å². The standard InChI is InChI=1S/C13H20N2O4S/c1-13(2,20(4,17)18)8-15-11-6-5-9(14)7-10(11)12(16)19-3/h5-7,15H,8,14H2,1-4H3. The second-order valence-corrected chi connectivity index (χ2v) is 7.83. The molecule has 0 heterocycles. The Kier molecular flexibility index (Phi) is 4.65. The third kappa shape index (κ3) is 3.63. The Labute approximate surface area is 119 Å². The lowest BCUT2D eigenvalue weighted by molar-refractivity contribution is 0.0602. The van der Waals surface area contributed by atoms with Crippen LogP contribution in [0.5, 0.6) is 0 Å². The van der Waals surface area contributed by atoms with E-state index in [9.17, 15) is 13.2 Å². The summed E-state index contributed by atoms with van der Waals surface area (Å²) in [7, 11) is -1.95. The number of ether oxygens (including phenoxy) is 1. The Morgan fingerprint density at radius 2 is 2.00 bits per heavy atom. The maximum Gasteiger partial charge on any atom is 0.340 e. The highest BCUT2D eigenvalue weighted by Gasteiger charge is 2.30. The largest absolute Gasteiger partial charge is 0.465 e. The predicted octanol–water partition coefficient (Wildman–Crippen LogP) is 1.29. The van der Waals surface area contributed by atoms with E-state index in [2.05, 4.69) is 10.1 Å². The van der Waals surface area contributed by atoms with Gasteiger partial charge in [-0.05, 0) is 32.0 Å². The minimum atomic E-state index is -3.22. The van der Waals surface area contributed by atoms with Crippen molar-refractivity contribution in [1.29, 1.82) is 0 Å². The summed E-state index contributed by atoms with van der Waals surface area (Å²) in [6.07, 6.45) is 1.18. The summed E-state index contributed by atoms with van der Waals surface area (Å²) in [5.41, 5.74) is 6.83. The lowest BCUT2D eigenvalue weighted by Gasteiger charge is -2.24. The zero-order chi connectivity index (χ0) is 15.6. The van der Waals surface area contributed by atoms with Crippen molar-refractivity contribution in [2.75, 3.05) is 31.0 Å². The zero-order valence-electron chi connectivity index (χ0n) is 12.1. The van der Waals surface area contributed by atoms with Crippen LogP contribution in [0.2, 0.25) is 0 Å². The van der Waals surface area contributed by atoms with Gasteiger partial charge in [-0.2, -0.15) is 0 Å². The SMILES string of the molecule is COC(=O)c1cc(N)ccc1NCC(C)(C)S(C)(=O)=O. The number of methoxy groups -OCH3 is 1. The van der Waals surface area contributed by atoms with Crippen LogP contribution in [0, 0.1) is 0 Å². The molecule has 0 bridgehead atoms. The number of esters is 1. The van der Waals surface area contributed by atoms with E-state index in [1.54, 1.807) is 26.0 Å². The van der Waals surface area contributed by atoms with Gasteiger partial charge in [0.2, 0.25) is 0 Å². The normalized spacial score (nSPS) is 12.0. The Morgan fingerprint density at radius 1 is 1.40 bits per heavy atom. The van der Waals surface area contributed by atoms with Crippen LogP contribution in [0.3, 0.4) is 0 Å². The summed E-state index contributed by atoms with van der Waals surface area (Å²) >= 11 is 0. The number of benzene rings is 1. The molecule has 1 aromatic rings. The summed E-state index contributed by atoms with van der Waals surface area (Å²) in [5, 5.41) is 2.97. The van der Waals surface area contributed by atoms with Gasteiger partial charge in [0, 0.05) is 24.2 Å². The molecule has 0 saturated heterocycles. The van der Waals surface area contributed by atoms with Crippen LogP contribution in [0.25, 0.3) is 0 Å². The highest BCUT2D eigenvalue weighted by molar-refractivity contribution is 7.92. The van der Waals surface area contributed by atoms with Gasteiger partial charge in [-0.1, -0.05) is 0 Å². The average molecular weight is 300 g/mol. The first-order valence-electron chi connectivity index (χ1n) is 6.00. The molecule has 0 radical (unpaired) electrons. The van der Waals surface area contributed by atoms with Crippen LogP contribution in [0.15, 0.2) is 18.2 Å². The number of carbonyl (C=O) groups excluding carboxylic acids is 1. The van der Waals surface area contributed by atoms with Crippen molar-refractivity contribution in [3.63, 3.8) is 0 Å². The van der Waals surface area contributed by atoms with Crippen LogP contribution >= 0.6 is 0 Å². The molecule has 0 aromatic heterocycles. The van der Waals surface area contributed by atoms with Crippen LogP contribution in [-0.2, 0) is 14.6 Å². The van der Waals surface area contributed by atoms with E-state index in [0.29, 0.717) is 11.4 Å². The van der Waals surface area contributed by atoms with Crippen LogP contribution < -0.4 is 11.1 Å². The van der Waals surface area contributed by atoms with E-state index < -0.39 is 20.6 Å². The molecule has 3 N–H and O–H groups in total. The van der Waals surface area contributed by atoms with Crippen LogP contribution in [0.4, 0.5) is 11.4 Å². The topological polar surface area (TPSA) is 98.5 Å². The van der Waals surface area contributed by atoms with Crippen LogP contribution in [-0.4, -0.2) is 39.0 Å². The van der Waals surface area contributed by atoms with Gasteiger partial charge in [-0.15, -0.1) is 0 Å². The molecular formula is C13H20N2O4S. The van der Waals surface area contributed by atoms with Crippen molar-refractivity contribution in [1.82, 2.24) is 0 Å². The second kappa shape index (κ2) is 5.70. The van der Waals surface area contributed by atoms with E-state index in [-0.39, 0.29) is 12.1 Å². The van der Waals surface area contributed by atoms with Crippen molar-refractivity contribution in [3.8, 4) is 0 Å². The lowest BCUT2D eigenvalue weighted by atomic mass is 10.1. The molecule has 1 aromatic carbocycles. The Morgan fingerprint density at radius 3 is 2.50 bits per heavy atom. The van der Waals surface area contributed by atoms with Crippen molar-refractivity contribution < 1.29 is 17.9 Å². The summed E-state index contributed by atoms with van der Waals surface area (Å²) in [4.78, 5) is 11.7. The third-order valence-electron chi connectivity index (χ3n) is 3.16. The van der Waals surface area contributed by atoms with E-state index >= 15 is 0 Å². The maximum absolute atomic E-state index is 11.7. The van der Waals surface area contributed by atoms with Gasteiger partial charge in [0.1, 0.15) is 0 Å².